The van der Waals surface area contributed by atoms with E-state index in [1.54, 1.807) is 37.5 Å². The van der Waals surface area contributed by atoms with Gasteiger partial charge >= 0.3 is 5.69 Å². The van der Waals surface area contributed by atoms with Crippen molar-refractivity contribution in [2.75, 3.05) is 6.61 Å². The molecule has 1 aliphatic rings. The Morgan fingerprint density at radius 1 is 1.19 bits per heavy atom. The third-order valence-electron chi connectivity index (χ3n) is 5.09. The summed E-state index contributed by atoms with van der Waals surface area (Å²) in [6, 6.07) is 15.6. The van der Waals surface area contributed by atoms with Gasteiger partial charge in [-0.15, -0.1) is 0 Å². The first kappa shape index (κ1) is 20.3. The number of carbonyl (C=O) groups excluding carboxylic acids is 1. The molecule has 4 rings (SSSR count). The molecule has 1 amide bonds. The van der Waals surface area contributed by atoms with Crippen LogP contribution in [0.3, 0.4) is 0 Å². The molecule has 31 heavy (non-hydrogen) atoms. The molecule has 0 saturated heterocycles. The number of hydrazone groups is 1. The Balaban J connectivity index is 1.57. The number of nitro benzene ring substituents is 1. The zero-order valence-electron chi connectivity index (χ0n) is 17.1. The van der Waals surface area contributed by atoms with Crippen molar-refractivity contribution in [2.24, 2.45) is 5.10 Å². The largest absolute Gasteiger partial charge is 0.477 e. The van der Waals surface area contributed by atoms with Crippen LogP contribution in [0.5, 0.6) is 5.75 Å². The minimum absolute atomic E-state index is 0.0508. The molecular formula is C23H21N3O5. The van der Waals surface area contributed by atoms with E-state index in [9.17, 15) is 14.9 Å². The van der Waals surface area contributed by atoms with Gasteiger partial charge in [0.05, 0.1) is 16.9 Å². The van der Waals surface area contributed by atoms with Gasteiger partial charge in [-0.3, -0.25) is 14.9 Å². The van der Waals surface area contributed by atoms with Crippen molar-refractivity contribution in [3.8, 4) is 5.75 Å². The lowest BCUT2D eigenvalue weighted by atomic mass is 10.0. The minimum Gasteiger partial charge on any atom is -0.477 e. The predicted octanol–water partition coefficient (Wildman–Crippen LogP) is 4.56. The minimum atomic E-state index is -0.533. The Bertz CT molecular complexity index is 1140. The van der Waals surface area contributed by atoms with Crippen LogP contribution in [-0.4, -0.2) is 28.2 Å². The van der Waals surface area contributed by atoms with E-state index in [0.717, 1.165) is 22.4 Å². The number of nitrogens with zero attached hydrogens (tertiary/aromatic N) is 3. The van der Waals surface area contributed by atoms with Crippen LogP contribution in [0.2, 0.25) is 0 Å². The molecule has 158 valence electrons. The summed E-state index contributed by atoms with van der Waals surface area (Å²) in [4.78, 5) is 23.7. The van der Waals surface area contributed by atoms with Crippen LogP contribution >= 0.6 is 0 Å². The fourth-order valence-corrected chi connectivity index (χ4v) is 3.46. The number of aryl methyl sites for hydroxylation is 2. The quantitative estimate of drug-likeness (QED) is 0.431. The van der Waals surface area contributed by atoms with Crippen molar-refractivity contribution in [3.05, 3.63) is 93.4 Å². The van der Waals surface area contributed by atoms with Crippen molar-refractivity contribution < 1.29 is 18.9 Å². The molecular weight excluding hydrogens is 398 g/mol. The third kappa shape index (κ3) is 4.32. The molecule has 0 aliphatic carbocycles. The molecule has 1 aliphatic heterocycles. The molecule has 0 N–H and O–H groups in total. The van der Waals surface area contributed by atoms with Gasteiger partial charge in [0.1, 0.15) is 11.8 Å². The summed E-state index contributed by atoms with van der Waals surface area (Å²) < 4.78 is 11.1. The number of nitro groups is 1. The number of benzene rings is 2. The van der Waals surface area contributed by atoms with E-state index >= 15 is 0 Å². The Morgan fingerprint density at radius 2 is 1.94 bits per heavy atom. The monoisotopic (exact) mass is 419 g/mol. The summed E-state index contributed by atoms with van der Waals surface area (Å²) >= 11 is 0. The highest BCUT2D eigenvalue weighted by molar-refractivity contribution is 6.03. The van der Waals surface area contributed by atoms with Crippen LogP contribution in [-0.2, 0) is 4.79 Å². The van der Waals surface area contributed by atoms with Gasteiger partial charge in [-0.05, 0) is 43.2 Å². The Labute approximate surface area is 178 Å². The summed E-state index contributed by atoms with van der Waals surface area (Å²) in [5.41, 5.74) is 3.42. The maximum atomic E-state index is 13.0. The highest BCUT2D eigenvalue weighted by Gasteiger charge is 2.35. The number of hydrogen-bond acceptors (Lipinski definition) is 6. The number of ether oxygens (including phenoxy) is 1. The summed E-state index contributed by atoms with van der Waals surface area (Å²) in [7, 11) is 0. The van der Waals surface area contributed by atoms with E-state index in [-0.39, 0.29) is 18.0 Å². The van der Waals surface area contributed by atoms with E-state index < -0.39 is 16.9 Å². The van der Waals surface area contributed by atoms with E-state index in [0.29, 0.717) is 12.2 Å². The maximum Gasteiger partial charge on any atom is 0.310 e. The molecule has 0 fully saturated rings. The summed E-state index contributed by atoms with van der Waals surface area (Å²) in [5, 5.41) is 17.1. The van der Waals surface area contributed by atoms with Crippen LogP contribution < -0.4 is 4.74 Å². The number of carbonyl (C=O) groups is 1. The van der Waals surface area contributed by atoms with Crippen molar-refractivity contribution >= 4 is 17.3 Å². The van der Waals surface area contributed by atoms with Gasteiger partial charge in [0, 0.05) is 12.5 Å². The lowest BCUT2D eigenvalue weighted by Gasteiger charge is -2.20. The first-order valence-corrected chi connectivity index (χ1v) is 9.80. The molecule has 0 radical (unpaired) electrons. The second-order valence-electron chi connectivity index (χ2n) is 7.40. The molecule has 0 bridgehead atoms. The molecule has 0 saturated carbocycles. The topological polar surface area (TPSA) is 98.2 Å². The Kier molecular flexibility index (Phi) is 5.53. The molecule has 2 heterocycles. The fraction of sp³-hybridized carbons (Fsp3) is 0.217. The lowest BCUT2D eigenvalue weighted by Crippen LogP contribution is -2.31. The molecule has 0 unspecified atom stereocenters. The van der Waals surface area contributed by atoms with Crippen LogP contribution in [0, 0.1) is 24.0 Å². The van der Waals surface area contributed by atoms with Gasteiger partial charge in [-0.25, -0.2) is 5.01 Å². The highest BCUT2D eigenvalue weighted by atomic mass is 16.6. The summed E-state index contributed by atoms with van der Waals surface area (Å²) in [5.74, 6) is 0.245. The fourth-order valence-electron chi connectivity index (χ4n) is 3.46. The standard InChI is InChI=1S/C23H21N3O5/c1-15-5-8-17(9-6-15)18-13-20(21-4-3-11-30-21)25(24-18)23(27)14-31-22-12-16(2)7-10-19(22)26(28)29/h3-12,20H,13-14H2,1-2H3/t20-/m0/s1. The molecule has 3 aromatic rings. The molecule has 1 aromatic heterocycles. The van der Waals surface area contributed by atoms with Crippen molar-refractivity contribution in [3.63, 3.8) is 0 Å². The van der Waals surface area contributed by atoms with E-state index in [2.05, 4.69) is 5.10 Å². The van der Waals surface area contributed by atoms with Gasteiger partial charge in [0.2, 0.25) is 0 Å². The van der Waals surface area contributed by atoms with E-state index in [4.69, 9.17) is 9.15 Å². The Hall–Kier alpha value is -3.94. The summed E-state index contributed by atoms with van der Waals surface area (Å²) in [6.45, 7) is 3.42. The van der Waals surface area contributed by atoms with E-state index in [1.807, 2.05) is 31.2 Å². The lowest BCUT2D eigenvalue weighted by molar-refractivity contribution is -0.385. The second-order valence-corrected chi connectivity index (χ2v) is 7.40. The highest BCUT2D eigenvalue weighted by Crippen LogP contribution is 2.34. The van der Waals surface area contributed by atoms with Gasteiger partial charge in [-0.1, -0.05) is 35.9 Å². The van der Waals surface area contributed by atoms with Crippen LogP contribution in [0.1, 0.15) is 34.9 Å². The first-order valence-electron chi connectivity index (χ1n) is 9.80. The average molecular weight is 419 g/mol. The average Bonchev–Trinajstić information content (AvgIpc) is 3.42. The van der Waals surface area contributed by atoms with Gasteiger partial charge in [-0.2, -0.15) is 5.10 Å². The Morgan fingerprint density at radius 3 is 2.61 bits per heavy atom. The van der Waals surface area contributed by atoms with Gasteiger partial charge in [0.25, 0.3) is 5.91 Å². The van der Waals surface area contributed by atoms with Crippen molar-refractivity contribution in [2.45, 2.75) is 26.3 Å². The molecule has 8 nitrogen and oxygen atoms in total. The normalized spacial score (nSPS) is 15.6. The summed E-state index contributed by atoms with van der Waals surface area (Å²) in [6.07, 6.45) is 2.04. The third-order valence-corrected chi connectivity index (χ3v) is 5.09. The SMILES string of the molecule is Cc1ccc(C2=NN(C(=O)COc3cc(C)ccc3[N+](=O)[O-])[C@H](c3ccco3)C2)cc1. The first-order chi connectivity index (χ1) is 14.9. The molecule has 8 heteroatoms. The zero-order chi connectivity index (χ0) is 22.0. The molecule has 2 aromatic carbocycles. The second kappa shape index (κ2) is 8.43. The van der Waals surface area contributed by atoms with Crippen molar-refractivity contribution in [1.82, 2.24) is 5.01 Å². The number of rotatable bonds is 6. The van der Waals surface area contributed by atoms with Gasteiger partial charge in [0.15, 0.2) is 12.4 Å². The van der Waals surface area contributed by atoms with Crippen molar-refractivity contribution in [1.29, 1.82) is 0 Å². The smallest absolute Gasteiger partial charge is 0.310 e. The van der Waals surface area contributed by atoms with Crippen LogP contribution in [0.4, 0.5) is 5.69 Å². The van der Waals surface area contributed by atoms with Crippen LogP contribution in [0.15, 0.2) is 70.4 Å². The molecule has 1 atom stereocenters. The number of furan rings is 1. The van der Waals surface area contributed by atoms with Crippen LogP contribution in [0.25, 0.3) is 0 Å². The predicted molar refractivity (Wildman–Crippen MR) is 114 cm³/mol. The number of hydrogen-bond donors (Lipinski definition) is 0. The molecule has 0 spiro atoms. The maximum absolute atomic E-state index is 13.0. The zero-order valence-corrected chi connectivity index (χ0v) is 17.1. The van der Waals surface area contributed by atoms with E-state index in [1.165, 1.54) is 11.1 Å². The number of amides is 1. The van der Waals surface area contributed by atoms with Gasteiger partial charge < -0.3 is 9.15 Å².